The number of likely N-dealkylation sites (N-methyl/N-ethyl adjacent to an activating group) is 1. The molecule has 5 rings (SSSR count). The predicted molar refractivity (Wildman–Crippen MR) is 150 cm³/mol. The van der Waals surface area contributed by atoms with Gasteiger partial charge >= 0.3 is 18.2 Å². The van der Waals surface area contributed by atoms with E-state index in [9.17, 15) is 27.6 Å². The highest BCUT2D eigenvalue weighted by molar-refractivity contribution is 6.32. The van der Waals surface area contributed by atoms with Crippen LogP contribution in [0, 0.1) is 11.8 Å². The van der Waals surface area contributed by atoms with Gasteiger partial charge in [0.1, 0.15) is 22.9 Å². The molecule has 1 aromatic heterocycles. The van der Waals surface area contributed by atoms with Crippen LogP contribution < -0.4 is 31.3 Å². The highest BCUT2D eigenvalue weighted by atomic mass is 35.5. The summed E-state index contributed by atoms with van der Waals surface area (Å²) in [4.78, 5) is 46.3. The first kappa shape index (κ1) is 30.2. The minimum absolute atomic E-state index is 0.0213. The van der Waals surface area contributed by atoms with E-state index in [-0.39, 0.29) is 48.2 Å². The summed E-state index contributed by atoms with van der Waals surface area (Å²) in [6.45, 7) is 1.82. The van der Waals surface area contributed by atoms with E-state index in [2.05, 4.69) is 20.6 Å². The Morgan fingerprint density at radius 1 is 1.23 bits per heavy atom. The van der Waals surface area contributed by atoms with Crippen LogP contribution in [0.1, 0.15) is 25.3 Å². The molecule has 1 aliphatic heterocycles. The molecule has 230 valence electrons. The van der Waals surface area contributed by atoms with Gasteiger partial charge in [-0.25, -0.2) is 9.78 Å². The molecule has 16 heteroatoms. The van der Waals surface area contributed by atoms with Crippen molar-refractivity contribution in [2.75, 3.05) is 29.2 Å². The molecule has 3 amide bonds. The summed E-state index contributed by atoms with van der Waals surface area (Å²) in [5.74, 6) is -1.98. The largest absolute Gasteiger partial charge is 0.494 e. The van der Waals surface area contributed by atoms with Crippen molar-refractivity contribution in [3.05, 3.63) is 41.1 Å². The highest BCUT2D eigenvalue weighted by Gasteiger charge is 2.47. The maximum absolute atomic E-state index is 13.1. The number of nitrogens with zero attached hydrogens (tertiary/aromatic N) is 3. The molecule has 0 saturated heterocycles. The van der Waals surface area contributed by atoms with Crippen LogP contribution in [0.15, 0.2) is 30.5 Å². The smallest absolute Gasteiger partial charge is 0.471 e. The molecule has 43 heavy (non-hydrogen) atoms. The van der Waals surface area contributed by atoms with Gasteiger partial charge in [-0.1, -0.05) is 23.8 Å². The summed E-state index contributed by atoms with van der Waals surface area (Å²) in [5, 5.41) is 8.39. The van der Waals surface area contributed by atoms with Crippen molar-refractivity contribution in [3.8, 4) is 5.75 Å². The van der Waals surface area contributed by atoms with Crippen molar-refractivity contribution in [2.45, 2.75) is 50.6 Å². The van der Waals surface area contributed by atoms with Crippen LogP contribution in [0.2, 0.25) is 5.02 Å². The van der Waals surface area contributed by atoms with Gasteiger partial charge in [-0.05, 0) is 38.3 Å². The molecular formula is C27H29ClF3N7O5. The van der Waals surface area contributed by atoms with Gasteiger partial charge in [0.25, 0.3) is 0 Å². The Labute approximate surface area is 249 Å². The lowest BCUT2D eigenvalue weighted by Crippen LogP contribution is -2.51. The molecule has 5 N–H and O–H groups in total. The van der Waals surface area contributed by atoms with Crippen molar-refractivity contribution >= 4 is 52.6 Å². The average Bonchev–Trinajstić information content (AvgIpc) is 3.52. The second-order valence-corrected chi connectivity index (χ2v) is 10.7. The van der Waals surface area contributed by atoms with E-state index in [0.717, 1.165) is 6.42 Å². The summed E-state index contributed by atoms with van der Waals surface area (Å²) < 4.78 is 49.8. The number of fused-ring (bicyclic) bond motifs is 3. The zero-order valence-electron chi connectivity index (χ0n) is 23.1. The lowest BCUT2D eigenvalue weighted by atomic mass is 9.98. The Bertz CT molecular complexity index is 1470. The number of carbonyl (C=O) groups is 3. The van der Waals surface area contributed by atoms with E-state index >= 15 is 0 Å². The summed E-state index contributed by atoms with van der Waals surface area (Å²) in [7, 11) is 1.42. The summed E-state index contributed by atoms with van der Waals surface area (Å²) in [6.07, 6.45) is -0.219. The average molecular weight is 624 g/mol. The molecule has 1 fully saturated rings. The van der Waals surface area contributed by atoms with E-state index in [1.165, 1.54) is 18.2 Å². The van der Waals surface area contributed by atoms with E-state index in [4.69, 9.17) is 26.8 Å². The molecule has 1 aromatic carbocycles. The third-order valence-corrected chi connectivity index (χ3v) is 8.07. The molecule has 2 aliphatic carbocycles. The van der Waals surface area contributed by atoms with Crippen LogP contribution in [-0.4, -0.2) is 65.9 Å². The number of nitrogens with two attached hydrogens (primary N) is 1. The van der Waals surface area contributed by atoms with Gasteiger partial charge in [0.05, 0.1) is 30.7 Å². The fourth-order valence-electron chi connectivity index (χ4n) is 5.93. The zero-order valence-corrected chi connectivity index (χ0v) is 23.8. The van der Waals surface area contributed by atoms with Gasteiger partial charge < -0.3 is 36.1 Å². The van der Waals surface area contributed by atoms with Crippen LogP contribution in [-0.2, 0) is 20.7 Å². The lowest BCUT2D eigenvalue weighted by Gasteiger charge is -2.28. The van der Waals surface area contributed by atoms with Crippen molar-refractivity contribution in [1.82, 2.24) is 15.3 Å². The summed E-state index contributed by atoms with van der Waals surface area (Å²) in [5.41, 5.74) is 6.71. The van der Waals surface area contributed by atoms with Gasteiger partial charge in [0, 0.05) is 23.9 Å². The first-order valence-corrected chi connectivity index (χ1v) is 13.9. The van der Waals surface area contributed by atoms with E-state index in [0.29, 0.717) is 28.5 Å². The number of amides is 3. The minimum Gasteiger partial charge on any atom is -0.494 e. The van der Waals surface area contributed by atoms with Crippen molar-refractivity contribution in [1.29, 1.82) is 0 Å². The van der Waals surface area contributed by atoms with Crippen LogP contribution in [0.25, 0.3) is 0 Å². The van der Waals surface area contributed by atoms with Gasteiger partial charge in [-0.15, -0.1) is 0 Å². The number of halogens is 4. The molecule has 3 aliphatic rings. The normalized spacial score (nSPS) is 24.3. The Morgan fingerprint density at radius 3 is 2.65 bits per heavy atom. The van der Waals surface area contributed by atoms with Crippen molar-refractivity contribution < 1.29 is 37.0 Å². The fourth-order valence-corrected chi connectivity index (χ4v) is 6.08. The number of anilines is 4. The zero-order chi connectivity index (χ0) is 31.1. The molecule has 12 nitrogen and oxygen atoms in total. The lowest BCUT2D eigenvalue weighted by molar-refractivity contribution is -0.174. The SMILES string of the molecule is CCN1C(=O)C(NC(=O)C(F)(F)F)CCc2c1ccc(Nc1ncc(Cl)c(N[C@H]3[C@@H](OC(N)=O)[C@@H]4C=C[C@H]3C4)n1)c2OC. The van der Waals surface area contributed by atoms with E-state index in [1.54, 1.807) is 19.1 Å². The third-order valence-electron chi connectivity index (χ3n) is 7.79. The highest BCUT2D eigenvalue weighted by Crippen LogP contribution is 2.43. The molecule has 2 aromatic rings. The number of methoxy groups -OCH3 is 1. The molecule has 0 spiro atoms. The number of primary amides is 1. The van der Waals surface area contributed by atoms with Crippen molar-refractivity contribution in [2.24, 2.45) is 17.6 Å². The number of benzene rings is 1. The first-order valence-electron chi connectivity index (χ1n) is 13.5. The van der Waals surface area contributed by atoms with E-state index in [1.807, 2.05) is 17.5 Å². The van der Waals surface area contributed by atoms with Crippen LogP contribution in [0.4, 0.5) is 41.1 Å². The Balaban J connectivity index is 1.40. The maximum atomic E-state index is 13.1. The Kier molecular flexibility index (Phi) is 8.27. The molecular weight excluding hydrogens is 595 g/mol. The topological polar surface area (TPSA) is 161 Å². The Hall–Kier alpha value is -4.27. The van der Waals surface area contributed by atoms with Crippen LogP contribution in [0.3, 0.4) is 0 Å². The first-order chi connectivity index (χ1) is 20.4. The number of nitrogens with one attached hydrogen (secondary N) is 3. The molecule has 0 radical (unpaired) electrons. The number of aromatic nitrogens is 2. The third kappa shape index (κ3) is 5.98. The number of alkyl halides is 3. The molecule has 2 bridgehead atoms. The number of carbonyl (C=O) groups excluding carboxylic acids is 3. The molecule has 2 heterocycles. The second kappa shape index (κ2) is 11.8. The molecule has 5 atom stereocenters. The summed E-state index contributed by atoms with van der Waals surface area (Å²) in [6, 6.07) is 1.58. The molecule has 1 saturated carbocycles. The van der Waals surface area contributed by atoms with E-state index < -0.39 is 36.2 Å². The van der Waals surface area contributed by atoms with Crippen molar-refractivity contribution in [3.63, 3.8) is 0 Å². The number of ether oxygens (including phenoxy) is 2. The predicted octanol–water partition coefficient (Wildman–Crippen LogP) is 3.68. The number of hydrogen-bond donors (Lipinski definition) is 4. The minimum atomic E-state index is -5.12. The number of rotatable bonds is 8. The van der Waals surface area contributed by atoms with Gasteiger partial charge in [-0.3, -0.25) is 9.59 Å². The monoisotopic (exact) mass is 623 g/mol. The van der Waals surface area contributed by atoms with Gasteiger partial charge in [-0.2, -0.15) is 18.2 Å². The second-order valence-electron chi connectivity index (χ2n) is 10.3. The quantitative estimate of drug-likeness (QED) is 0.322. The van der Waals surface area contributed by atoms with Gasteiger partial charge in [0.15, 0.2) is 5.82 Å². The maximum Gasteiger partial charge on any atom is 0.471 e. The standard InChI is InChI=1S/C27H29ClF3N7O5/c1-3-38-18-9-8-16(21(42-2)14(18)6-7-17(23(38)39)34-24(40)27(29,30)31)35-26-33-11-15(28)22(37-26)36-19-12-4-5-13(10-12)20(19)43-25(32)41/h4-5,8-9,11-13,17,19-20H,3,6-7,10H2,1-2H3,(H2,32,41)(H,34,40)(H2,33,35,36,37)/t12-,13+,17?,19+,20-/m0/s1. The van der Waals surface area contributed by atoms with Gasteiger partial charge in [0.2, 0.25) is 11.9 Å². The Morgan fingerprint density at radius 2 is 1.98 bits per heavy atom. The fraction of sp³-hybridized carbons (Fsp3) is 0.444. The van der Waals surface area contributed by atoms with Crippen LogP contribution >= 0.6 is 11.6 Å². The summed E-state index contributed by atoms with van der Waals surface area (Å²) >= 11 is 6.40. The van der Waals surface area contributed by atoms with Crippen LogP contribution in [0.5, 0.6) is 5.75 Å². The molecule has 1 unspecified atom stereocenters. The number of hydrogen-bond acceptors (Lipinski definition) is 9.